The van der Waals surface area contributed by atoms with Gasteiger partial charge in [-0.3, -0.25) is 0 Å². The fourth-order valence-corrected chi connectivity index (χ4v) is 3.46. The first-order valence-electron chi connectivity index (χ1n) is 8.81. The standard InChI is InChI=1S/C22H16N2O5/c25-20(26)14-8-15(21(27)28)11-17(10-14)24-22(29)23-16-5-6-19-13(9-16)7-12-3-1-2-4-18(12)19/h1-6,8-11H,7H2,(H,25,26)(H,27,28)(H2,23,24,29). The van der Waals surface area contributed by atoms with Gasteiger partial charge in [-0.1, -0.05) is 30.3 Å². The number of fused-ring (bicyclic) bond motifs is 3. The average Bonchev–Trinajstić information content (AvgIpc) is 3.05. The van der Waals surface area contributed by atoms with Crippen molar-refractivity contribution in [3.8, 4) is 11.1 Å². The van der Waals surface area contributed by atoms with Gasteiger partial charge < -0.3 is 20.8 Å². The van der Waals surface area contributed by atoms with Crippen LogP contribution in [0.1, 0.15) is 31.8 Å². The highest BCUT2D eigenvalue weighted by molar-refractivity contribution is 6.02. The molecule has 1 aliphatic rings. The molecule has 29 heavy (non-hydrogen) atoms. The molecule has 0 bridgehead atoms. The first-order chi connectivity index (χ1) is 13.9. The predicted molar refractivity (Wildman–Crippen MR) is 108 cm³/mol. The summed E-state index contributed by atoms with van der Waals surface area (Å²) in [5.74, 6) is -2.57. The van der Waals surface area contributed by atoms with E-state index in [2.05, 4.69) is 22.8 Å². The molecule has 4 N–H and O–H groups in total. The fraction of sp³-hybridized carbons (Fsp3) is 0.0455. The van der Waals surface area contributed by atoms with E-state index >= 15 is 0 Å². The van der Waals surface area contributed by atoms with Crippen LogP contribution >= 0.6 is 0 Å². The molecule has 0 fully saturated rings. The van der Waals surface area contributed by atoms with Crippen molar-refractivity contribution in [2.24, 2.45) is 0 Å². The van der Waals surface area contributed by atoms with Gasteiger partial charge in [0.1, 0.15) is 0 Å². The molecule has 0 heterocycles. The summed E-state index contributed by atoms with van der Waals surface area (Å²) in [6.07, 6.45) is 0.783. The zero-order valence-electron chi connectivity index (χ0n) is 15.1. The smallest absolute Gasteiger partial charge is 0.335 e. The normalized spacial score (nSPS) is 11.3. The van der Waals surface area contributed by atoms with Gasteiger partial charge in [-0.15, -0.1) is 0 Å². The highest BCUT2D eigenvalue weighted by Crippen LogP contribution is 2.37. The molecule has 0 saturated heterocycles. The molecule has 0 spiro atoms. The van der Waals surface area contributed by atoms with E-state index in [0.717, 1.165) is 23.6 Å². The molecule has 7 nitrogen and oxygen atoms in total. The molecular formula is C22H16N2O5. The maximum Gasteiger partial charge on any atom is 0.335 e. The number of carboxylic acid groups (broad SMARTS) is 2. The summed E-state index contributed by atoms with van der Waals surface area (Å²) in [5, 5.41) is 23.4. The van der Waals surface area contributed by atoms with E-state index in [4.69, 9.17) is 10.2 Å². The third kappa shape index (κ3) is 3.66. The molecule has 0 radical (unpaired) electrons. The monoisotopic (exact) mass is 388 g/mol. The Morgan fingerprint density at radius 3 is 2.00 bits per heavy atom. The lowest BCUT2D eigenvalue weighted by Gasteiger charge is -2.10. The van der Waals surface area contributed by atoms with Crippen LogP contribution in [-0.2, 0) is 6.42 Å². The summed E-state index contributed by atoms with van der Waals surface area (Å²) in [5.41, 5.74) is 4.86. The Morgan fingerprint density at radius 1 is 0.690 bits per heavy atom. The average molecular weight is 388 g/mol. The zero-order chi connectivity index (χ0) is 20.5. The van der Waals surface area contributed by atoms with Crippen LogP contribution in [0, 0.1) is 0 Å². The van der Waals surface area contributed by atoms with Crippen molar-refractivity contribution in [3.05, 3.63) is 82.9 Å². The number of benzene rings is 3. The molecule has 4 rings (SSSR count). The van der Waals surface area contributed by atoms with Crippen LogP contribution in [0.5, 0.6) is 0 Å². The maximum atomic E-state index is 12.3. The lowest BCUT2D eigenvalue weighted by atomic mass is 10.1. The summed E-state index contributed by atoms with van der Waals surface area (Å²) in [7, 11) is 0. The number of rotatable bonds is 4. The van der Waals surface area contributed by atoms with Gasteiger partial charge in [0.05, 0.1) is 11.1 Å². The van der Waals surface area contributed by atoms with E-state index in [1.54, 1.807) is 6.07 Å². The highest BCUT2D eigenvalue weighted by atomic mass is 16.4. The topological polar surface area (TPSA) is 116 Å². The van der Waals surface area contributed by atoms with E-state index < -0.39 is 18.0 Å². The molecule has 3 aromatic carbocycles. The molecule has 0 saturated carbocycles. The Balaban J connectivity index is 1.52. The van der Waals surface area contributed by atoms with E-state index in [-0.39, 0.29) is 16.8 Å². The minimum atomic E-state index is -1.28. The minimum absolute atomic E-state index is 0.0772. The van der Waals surface area contributed by atoms with E-state index in [9.17, 15) is 14.4 Å². The number of carbonyl (C=O) groups is 3. The number of anilines is 2. The summed E-state index contributed by atoms with van der Waals surface area (Å²) in [6.45, 7) is 0. The SMILES string of the molecule is O=C(Nc1cc(C(=O)O)cc(C(=O)O)c1)Nc1ccc2c(c1)Cc1ccccc1-2. The van der Waals surface area contributed by atoms with Crippen molar-refractivity contribution in [2.45, 2.75) is 6.42 Å². The number of nitrogens with one attached hydrogen (secondary N) is 2. The van der Waals surface area contributed by atoms with Gasteiger partial charge in [0.25, 0.3) is 0 Å². The van der Waals surface area contributed by atoms with Crippen LogP contribution in [-0.4, -0.2) is 28.2 Å². The zero-order valence-corrected chi connectivity index (χ0v) is 15.1. The molecular weight excluding hydrogens is 372 g/mol. The number of hydrogen-bond acceptors (Lipinski definition) is 3. The fourth-order valence-electron chi connectivity index (χ4n) is 3.46. The quantitative estimate of drug-likeness (QED) is 0.416. The van der Waals surface area contributed by atoms with E-state index in [1.807, 2.05) is 24.3 Å². The van der Waals surface area contributed by atoms with Crippen molar-refractivity contribution >= 4 is 29.3 Å². The lowest BCUT2D eigenvalue weighted by Crippen LogP contribution is -2.20. The molecule has 0 atom stereocenters. The molecule has 0 unspecified atom stereocenters. The molecule has 0 aliphatic heterocycles. The summed E-state index contributed by atoms with van der Waals surface area (Å²) in [6, 6.07) is 16.6. The number of carboxylic acids is 2. The van der Waals surface area contributed by atoms with Crippen molar-refractivity contribution in [2.75, 3.05) is 10.6 Å². The van der Waals surface area contributed by atoms with Crippen molar-refractivity contribution in [1.29, 1.82) is 0 Å². The third-order valence-corrected chi connectivity index (χ3v) is 4.74. The van der Waals surface area contributed by atoms with Gasteiger partial charge >= 0.3 is 18.0 Å². The predicted octanol–water partition coefficient (Wildman–Crippen LogP) is 4.30. The van der Waals surface area contributed by atoms with Crippen LogP contribution in [0.15, 0.2) is 60.7 Å². The molecule has 3 aromatic rings. The maximum absolute atomic E-state index is 12.3. The molecule has 144 valence electrons. The first kappa shape index (κ1) is 18.2. The van der Waals surface area contributed by atoms with Crippen LogP contribution in [0.4, 0.5) is 16.2 Å². The number of amides is 2. The lowest BCUT2D eigenvalue weighted by molar-refractivity contribution is 0.0696. The Bertz CT molecular complexity index is 1140. The number of urea groups is 1. The van der Waals surface area contributed by atoms with Gasteiger partial charge in [-0.25, -0.2) is 14.4 Å². The Kier molecular flexibility index (Phi) is 4.48. The highest BCUT2D eigenvalue weighted by Gasteiger charge is 2.18. The Labute approximate surface area is 165 Å². The largest absolute Gasteiger partial charge is 0.478 e. The molecule has 1 aliphatic carbocycles. The summed E-state index contributed by atoms with van der Waals surface area (Å²) >= 11 is 0. The van der Waals surface area contributed by atoms with E-state index in [0.29, 0.717) is 5.69 Å². The van der Waals surface area contributed by atoms with Crippen LogP contribution in [0.2, 0.25) is 0 Å². The number of hydrogen-bond donors (Lipinski definition) is 4. The van der Waals surface area contributed by atoms with Crippen molar-refractivity contribution in [1.82, 2.24) is 0 Å². The molecule has 0 aromatic heterocycles. The van der Waals surface area contributed by atoms with Gasteiger partial charge in [-0.05, 0) is 59.0 Å². The first-order valence-corrected chi connectivity index (χ1v) is 8.81. The second kappa shape index (κ2) is 7.12. The second-order valence-corrected chi connectivity index (χ2v) is 6.69. The molecule has 7 heteroatoms. The Morgan fingerprint density at radius 2 is 1.31 bits per heavy atom. The molecule has 2 amide bonds. The Hall–Kier alpha value is -4.13. The van der Waals surface area contributed by atoms with Gasteiger partial charge in [0.2, 0.25) is 0 Å². The minimum Gasteiger partial charge on any atom is -0.478 e. The van der Waals surface area contributed by atoms with Gasteiger partial charge in [0.15, 0.2) is 0 Å². The van der Waals surface area contributed by atoms with Gasteiger partial charge in [0, 0.05) is 11.4 Å². The van der Waals surface area contributed by atoms with Crippen LogP contribution in [0.3, 0.4) is 0 Å². The van der Waals surface area contributed by atoms with Crippen molar-refractivity contribution < 1.29 is 24.6 Å². The third-order valence-electron chi connectivity index (χ3n) is 4.74. The van der Waals surface area contributed by atoms with E-state index in [1.165, 1.54) is 23.3 Å². The van der Waals surface area contributed by atoms with Crippen molar-refractivity contribution in [3.63, 3.8) is 0 Å². The number of aromatic carboxylic acids is 2. The van der Waals surface area contributed by atoms with Crippen LogP contribution in [0.25, 0.3) is 11.1 Å². The second-order valence-electron chi connectivity index (χ2n) is 6.69. The van der Waals surface area contributed by atoms with Crippen LogP contribution < -0.4 is 10.6 Å². The summed E-state index contributed by atoms with van der Waals surface area (Å²) in [4.78, 5) is 34.7. The van der Waals surface area contributed by atoms with Gasteiger partial charge in [-0.2, -0.15) is 0 Å². The summed E-state index contributed by atoms with van der Waals surface area (Å²) < 4.78 is 0. The number of carbonyl (C=O) groups excluding carboxylic acids is 1.